The molecule has 0 atom stereocenters. The van der Waals surface area contributed by atoms with Crippen LogP contribution in [-0.2, 0) is 7.05 Å². The number of fused-ring (bicyclic) bond motifs is 1. The Bertz CT molecular complexity index is 910. The van der Waals surface area contributed by atoms with Crippen LogP contribution in [0.15, 0.2) is 52.4 Å². The first-order valence-corrected chi connectivity index (χ1v) is 8.61. The molecule has 112 valence electrons. The molecule has 0 spiro atoms. The van der Waals surface area contributed by atoms with Crippen molar-refractivity contribution in [2.45, 2.75) is 4.90 Å². The van der Waals surface area contributed by atoms with Crippen LogP contribution in [0.25, 0.3) is 10.2 Å². The van der Waals surface area contributed by atoms with Gasteiger partial charge in [-0.05, 0) is 48.7 Å². The molecule has 0 aliphatic heterocycles. The van der Waals surface area contributed by atoms with Crippen molar-refractivity contribution in [2.24, 2.45) is 12.0 Å². The minimum Gasteiger partial charge on any atom is -0.319 e. The summed E-state index contributed by atoms with van der Waals surface area (Å²) in [7, 11) is 1.82. The minimum atomic E-state index is -0.296. The lowest BCUT2D eigenvalue weighted by atomic mass is 10.2. The second-order valence-electron chi connectivity index (χ2n) is 4.70. The van der Waals surface area contributed by atoms with Gasteiger partial charge >= 0.3 is 0 Å². The highest BCUT2D eigenvalue weighted by Crippen LogP contribution is 2.18. The van der Waals surface area contributed by atoms with Crippen LogP contribution >= 0.6 is 23.1 Å². The number of halogens is 1. The molecule has 0 saturated carbocycles. The lowest BCUT2D eigenvalue weighted by Gasteiger charge is -1.98. The molecule has 0 bridgehead atoms. The van der Waals surface area contributed by atoms with E-state index in [9.17, 15) is 9.18 Å². The fraction of sp³-hybridized carbons (Fsp3) is 0.125. The van der Waals surface area contributed by atoms with Gasteiger partial charge in [-0.25, -0.2) is 4.39 Å². The average molecular weight is 332 g/mol. The van der Waals surface area contributed by atoms with Crippen molar-refractivity contribution in [2.75, 3.05) is 6.26 Å². The number of nitrogens with zero attached hydrogens (tertiary/aromatic N) is 2. The monoisotopic (exact) mass is 332 g/mol. The summed E-state index contributed by atoms with van der Waals surface area (Å²) in [6.45, 7) is 0. The predicted octanol–water partition coefficient (Wildman–Crippen LogP) is 3.84. The number of hydrogen-bond donors (Lipinski definition) is 0. The smallest absolute Gasteiger partial charge is 0.279 e. The summed E-state index contributed by atoms with van der Waals surface area (Å²) in [5.74, 6) is -0.588. The molecule has 0 saturated heterocycles. The number of carbonyl (C=O) groups is 1. The first-order valence-electron chi connectivity index (χ1n) is 6.56. The molecular weight excluding hydrogens is 319 g/mol. The number of benzene rings is 2. The van der Waals surface area contributed by atoms with Crippen molar-refractivity contribution in [1.29, 1.82) is 0 Å². The van der Waals surface area contributed by atoms with Crippen LogP contribution in [0.1, 0.15) is 10.4 Å². The topological polar surface area (TPSA) is 34.4 Å². The van der Waals surface area contributed by atoms with Crippen LogP contribution in [0.3, 0.4) is 0 Å². The summed E-state index contributed by atoms with van der Waals surface area (Å²) in [5, 5.41) is 0. The Morgan fingerprint density at radius 2 is 1.95 bits per heavy atom. The molecule has 0 radical (unpaired) electrons. The Morgan fingerprint density at radius 3 is 2.64 bits per heavy atom. The van der Waals surface area contributed by atoms with Crippen molar-refractivity contribution >= 4 is 39.2 Å². The van der Waals surface area contributed by atoms with E-state index in [1.165, 1.54) is 23.5 Å². The summed E-state index contributed by atoms with van der Waals surface area (Å²) in [6, 6.07) is 11.9. The summed E-state index contributed by atoms with van der Waals surface area (Å²) >= 11 is 2.92. The summed E-state index contributed by atoms with van der Waals surface area (Å²) < 4.78 is 15.8. The molecule has 22 heavy (non-hydrogen) atoms. The van der Waals surface area contributed by atoms with E-state index in [1.54, 1.807) is 34.5 Å². The maximum absolute atomic E-state index is 13.3. The molecule has 3 rings (SSSR count). The molecule has 6 heteroatoms. The van der Waals surface area contributed by atoms with E-state index in [2.05, 4.69) is 4.99 Å². The fourth-order valence-corrected chi connectivity index (χ4v) is 3.55. The molecule has 0 unspecified atom stereocenters. The largest absolute Gasteiger partial charge is 0.319 e. The van der Waals surface area contributed by atoms with Crippen LogP contribution in [-0.4, -0.2) is 16.7 Å². The standard InChI is InChI=1S/C16H13FN2OS2/c1-19-13-8-5-11(17)9-14(13)22-16(19)18-15(20)10-3-6-12(21-2)7-4-10/h3-9H,1-2H3. The average Bonchev–Trinajstić information content (AvgIpc) is 2.82. The van der Waals surface area contributed by atoms with Crippen molar-refractivity contribution < 1.29 is 9.18 Å². The van der Waals surface area contributed by atoms with E-state index in [0.29, 0.717) is 10.4 Å². The van der Waals surface area contributed by atoms with Gasteiger partial charge in [-0.1, -0.05) is 11.3 Å². The minimum absolute atomic E-state index is 0.292. The summed E-state index contributed by atoms with van der Waals surface area (Å²) in [5.41, 5.74) is 1.40. The molecule has 3 aromatic rings. The van der Waals surface area contributed by atoms with E-state index in [4.69, 9.17) is 0 Å². The van der Waals surface area contributed by atoms with Gasteiger partial charge in [-0.2, -0.15) is 4.99 Å². The van der Waals surface area contributed by atoms with Crippen LogP contribution in [0, 0.1) is 5.82 Å². The Hall–Kier alpha value is -1.92. The molecule has 1 heterocycles. The highest BCUT2D eigenvalue weighted by atomic mass is 32.2. The Morgan fingerprint density at radius 1 is 1.23 bits per heavy atom. The van der Waals surface area contributed by atoms with Crippen LogP contribution < -0.4 is 4.80 Å². The molecule has 1 aromatic heterocycles. The number of thiazole rings is 1. The number of thioether (sulfide) groups is 1. The summed E-state index contributed by atoms with van der Waals surface area (Å²) in [6.07, 6.45) is 1.98. The molecular formula is C16H13FN2OS2. The van der Waals surface area contributed by atoms with Crippen molar-refractivity contribution in [1.82, 2.24) is 4.57 Å². The lowest BCUT2D eigenvalue weighted by molar-refractivity contribution is 0.0998. The van der Waals surface area contributed by atoms with Gasteiger partial charge in [0.25, 0.3) is 5.91 Å². The molecule has 1 amide bonds. The van der Waals surface area contributed by atoms with E-state index < -0.39 is 0 Å². The van der Waals surface area contributed by atoms with Crippen molar-refractivity contribution in [3.63, 3.8) is 0 Å². The molecule has 0 N–H and O–H groups in total. The van der Waals surface area contributed by atoms with E-state index in [0.717, 1.165) is 15.1 Å². The first-order chi connectivity index (χ1) is 10.6. The molecule has 0 fully saturated rings. The maximum Gasteiger partial charge on any atom is 0.279 e. The summed E-state index contributed by atoms with van der Waals surface area (Å²) in [4.78, 5) is 18.1. The zero-order valence-electron chi connectivity index (χ0n) is 12.0. The fourth-order valence-electron chi connectivity index (χ4n) is 2.10. The van der Waals surface area contributed by atoms with Gasteiger partial charge in [-0.3, -0.25) is 4.79 Å². The molecule has 3 nitrogen and oxygen atoms in total. The number of aromatic nitrogens is 1. The Kier molecular flexibility index (Phi) is 4.13. The number of amides is 1. The van der Waals surface area contributed by atoms with Gasteiger partial charge in [0, 0.05) is 17.5 Å². The Labute approximate surface area is 135 Å². The van der Waals surface area contributed by atoms with Gasteiger partial charge in [0.05, 0.1) is 10.2 Å². The first kappa shape index (κ1) is 15.0. The number of hydrogen-bond acceptors (Lipinski definition) is 3. The number of rotatable bonds is 2. The van der Waals surface area contributed by atoms with Crippen molar-refractivity contribution in [3.8, 4) is 0 Å². The van der Waals surface area contributed by atoms with Crippen LogP contribution in [0.5, 0.6) is 0 Å². The van der Waals surface area contributed by atoms with Gasteiger partial charge in [0.2, 0.25) is 0 Å². The molecule has 0 aliphatic rings. The van der Waals surface area contributed by atoms with Gasteiger partial charge in [-0.15, -0.1) is 11.8 Å². The second kappa shape index (κ2) is 6.06. The number of aryl methyl sites for hydroxylation is 1. The number of carbonyl (C=O) groups excluding carboxylic acids is 1. The maximum atomic E-state index is 13.3. The van der Waals surface area contributed by atoms with E-state index in [-0.39, 0.29) is 11.7 Å². The van der Waals surface area contributed by atoms with Crippen LogP contribution in [0.4, 0.5) is 4.39 Å². The molecule has 2 aromatic carbocycles. The third-order valence-electron chi connectivity index (χ3n) is 3.31. The highest BCUT2D eigenvalue weighted by Gasteiger charge is 2.08. The zero-order valence-corrected chi connectivity index (χ0v) is 13.7. The van der Waals surface area contributed by atoms with Gasteiger partial charge in [0.15, 0.2) is 4.80 Å². The normalized spacial score (nSPS) is 12.0. The molecule has 0 aliphatic carbocycles. The third kappa shape index (κ3) is 2.84. The highest BCUT2D eigenvalue weighted by molar-refractivity contribution is 7.98. The predicted molar refractivity (Wildman–Crippen MR) is 88.9 cm³/mol. The quantitative estimate of drug-likeness (QED) is 0.668. The zero-order chi connectivity index (χ0) is 15.7. The second-order valence-corrected chi connectivity index (χ2v) is 6.59. The van der Waals surface area contributed by atoms with E-state index >= 15 is 0 Å². The van der Waals surface area contributed by atoms with Crippen molar-refractivity contribution in [3.05, 3.63) is 58.6 Å². The third-order valence-corrected chi connectivity index (χ3v) is 5.14. The lowest BCUT2D eigenvalue weighted by Crippen LogP contribution is -2.13. The van der Waals surface area contributed by atoms with Gasteiger partial charge in [0.1, 0.15) is 5.82 Å². The van der Waals surface area contributed by atoms with Crippen LogP contribution in [0.2, 0.25) is 0 Å². The van der Waals surface area contributed by atoms with Gasteiger partial charge < -0.3 is 4.57 Å². The Balaban J connectivity index is 2.03. The van der Waals surface area contributed by atoms with E-state index in [1.807, 2.05) is 25.4 Å². The SMILES string of the molecule is CSc1ccc(C(=O)N=c2sc3cc(F)ccc3n2C)cc1.